The normalized spacial score (nSPS) is 27.5. The first-order chi connectivity index (χ1) is 12.5. The number of halogens is 2. The maximum atomic E-state index is 13.3. The van der Waals surface area contributed by atoms with E-state index in [1.807, 2.05) is 12.1 Å². The molecule has 2 atom stereocenters. The molecule has 0 spiro atoms. The number of piperidine rings is 3. The molecular weight excluding hydrogens is 391 g/mol. The number of nitrogens with one attached hydrogen (secondary N) is 1. The van der Waals surface area contributed by atoms with Crippen LogP contribution >= 0.6 is 34.7 Å². The third-order valence-electron chi connectivity index (χ3n) is 5.39. The molecule has 3 fully saturated rings. The second kappa shape index (κ2) is 7.50. The Bertz CT molecular complexity index is 818. The van der Waals surface area contributed by atoms with Gasteiger partial charge in [-0.2, -0.15) is 0 Å². The van der Waals surface area contributed by atoms with Crippen molar-refractivity contribution < 1.29 is 9.18 Å². The number of carbonyl (C=O) groups is 1. The van der Waals surface area contributed by atoms with Gasteiger partial charge in [-0.1, -0.05) is 23.4 Å². The molecule has 138 valence electrons. The van der Waals surface area contributed by atoms with Crippen LogP contribution in [0.1, 0.15) is 29.4 Å². The Labute approximate surface area is 165 Å². The molecule has 2 bridgehead atoms. The highest BCUT2D eigenvalue weighted by molar-refractivity contribution is 8.01. The van der Waals surface area contributed by atoms with E-state index >= 15 is 0 Å². The van der Waals surface area contributed by atoms with Crippen molar-refractivity contribution in [1.82, 2.24) is 10.2 Å². The van der Waals surface area contributed by atoms with E-state index in [2.05, 4.69) is 17.1 Å². The summed E-state index contributed by atoms with van der Waals surface area (Å²) in [6.07, 6.45) is 2.35. The monoisotopic (exact) mass is 410 g/mol. The lowest BCUT2D eigenvalue weighted by Gasteiger charge is -2.49. The Morgan fingerprint density at radius 2 is 2.08 bits per heavy atom. The highest BCUT2D eigenvalue weighted by Gasteiger charge is 2.40. The third kappa shape index (κ3) is 3.65. The van der Waals surface area contributed by atoms with Crippen LogP contribution in [0.3, 0.4) is 0 Å². The fraction of sp³-hybridized carbons (Fsp3) is 0.421. The zero-order chi connectivity index (χ0) is 18.3. The van der Waals surface area contributed by atoms with E-state index in [1.165, 1.54) is 42.0 Å². The minimum atomic E-state index is -0.422. The number of fused-ring (bicyclic) bond motifs is 3. The molecule has 7 heteroatoms. The topological polar surface area (TPSA) is 32.3 Å². The first kappa shape index (κ1) is 18.3. The molecule has 5 rings (SSSR count). The number of nitrogens with zero attached hydrogens (tertiary/aromatic N) is 1. The fourth-order valence-electron chi connectivity index (χ4n) is 3.92. The molecule has 3 aliphatic rings. The molecule has 1 aromatic heterocycles. The van der Waals surface area contributed by atoms with Crippen molar-refractivity contribution in [2.24, 2.45) is 5.92 Å². The van der Waals surface area contributed by atoms with Gasteiger partial charge in [0.1, 0.15) is 5.82 Å². The Balaban J connectivity index is 1.42. The van der Waals surface area contributed by atoms with E-state index in [0.717, 1.165) is 22.2 Å². The van der Waals surface area contributed by atoms with Crippen LogP contribution in [0.5, 0.6) is 0 Å². The zero-order valence-corrected chi connectivity index (χ0v) is 16.8. The summed E-state index contributed by atoms with van der Waals surface area (Å²) < 4.78 is 14.3. The van der Waals surface area contributed by atoms with Crippen LogP contribution in [0.25, 0.3) is 0 Å². The van der Waals surface area contributed by atoms with Crippen molar-refractivity contribution in [2.45, 2.75) is 41.0 Å². The van der Waals surface area contributed by atoms with Crippen molar-refractivity contribution in [1.29, 1.82) is 0 Å². The number of hydrogen-bond acceptors (Lipinski definition) is 4. The summed E-state index contributed by atoms with van der Waals surface area (Å²) in [5.74, 6) is 0.174. The van der Waals surface area contributed by atoms with E-state index in [9.17, 15) is 9.18 Å². The first-order valence-electron chi connectivity index (χ1n) is 8.79. The molecule has 26 heavy (non-hydrogen) atoms. The highest BCUT2D eigenvalue weighted by atomic mass is 35.5. The smallest absolute Gasteiger partial charge is 0.261 e. The van der Waals surface area contributed by atoms with Crippen LogP contribution in [0.2, 0.25) is 5.02 Å². The molecule has 3 nitrogen and oxygen atoms in total. The zero-order valence-electron chi connectivity index (χ0n) is 14.4. The number of hydrogen-bond donors (Lipinski definition) is 1. The summed E-state index contributed by atoms with van der Waals surface area (Å²) in [5.41, 5.74) is 0. The number of amides is 1. The Hall–Kier alpha value is -1.08. The summed E-state index contributed by atoms with van der Waals surface area (Å²) in [7, 11) is 0. The SMILES string of the molecule is C[C@@H]1[C@H](NC(=O)c2ccc(Sc3ccc(F)c(Cl)c3)s2)C2CCN1CC2. The Kier molecular flexibility index (Phi) is 5.28. The maximum absolute atomic E-state index is 13.3. The summed E-state index contributed by atoms with van der Waals surface area (Å²) >= 11 is 8.78. The highest BCUT2D eigenvalue weighted by Crippen LogP contribution is 2.36. The largest absolute Gasteiger partial charge is 0.347 e. The minimum absolute atomic E-state index is 0.00425. The molecule has 0 saturated carbocycles. The fourth-order valence-corrected chi connectivity index (χ4v) is 6.21. The van der Waals surface area contributed by atoms with Crippen LogP contribution in [0, 0.1) is 11.7 Å². The van der Waals surface area contributed by atoms with Gasteiger partial charge in [0.2, 0.25) is 0 Å². The number of thiophene rings is 1. The van der Waals surface area contributed by atoms with E-state index < -0.39 is 5.82 Å². The molecule has 2 aromatic rings. The van der Waals surface area contributed by atoms with Gasteiger partial charge in [-0.25, -0.2) is 4.39 Å². The Morgan fingerprint density at radius 3 is 2.77 bits per heavy atom. The summed E-state index contributed by atoms with van der Waals surface area (Å²) in [6.45, 7) is 4.51. The van der Waals surface area contributed by atoms with E-state index in [-0.39, 0.29) is 17.0 Å². The standard InChI is InChI=1S/C19H20ClFN2OS2/c1-11-18(12-6-8-23(11)9-7-12)22-19(24)16-4-5-17(26-16)25-13-2-3-15(21)14(20)10-13/h2-5,10-12,18H,6-9H2,1H3,(H,22,24)/t11-,18+/m1/s1. The van der Waals surface area contributed by atoms with Crippen LogP contribution in [-0.2, 0) is 0 Å². The van der Waals surface area contributed by atoms with Gasteiger partial charge in [0.25, 0.3) is 5.91 Å². The van der Waals surface area contributed by atoms with Gasteiger partial charge in [0, 0.05) is 17.0 Å². The minimum Gasteiger partial charge on any atom is -0.347 e. The molecule has 4 heterocycles. The average Bonchev–Trinajstić information content (AvgIpc) is 3.10. The predicted octanol–water partition coefficient (Wildman–Crippen LogP) is 4.90. The number of benzene rings is 1. The lowest BCUT2D eigenvalue weighted by atomic mass is 9.79. The second-order valence-electron chi connectivity index (χ2n) is 6.91. The molecule has 0 unspecified atom stereocenters. The summed E-state index contributed by atoms with van der Waals surface area (Å²) in [6, 6.07) is 9.10. The predicted molar refractivity (Wildman–Crippen MR) is 105 cm³/mol. The number of rotatable bonds is 4. The molecule has 3 saturated heterocycles. The van der Waals surface area contributed by atoms with Gasteiger partial charge in [-0.3, -0.25) is 9.69 Å². The Morgan fingerprint density at radius 1 is 1.31 bits per heavy atom. The molecule has 0 radical (unpaired) electrons. The quantitative estimate of drug-likeness (QED) is 0.777. The van der Waals surface area contributed by atoms with Gasteiger partial charge in [0.05, 0.1) is 14.1 Å². The van der Waals surface area contributed by atoms with Gasteiger partial charge in [-0.15, -0.1) is 11.3 Å². The van der Waals surface area contributed by atoms with Crippen LogP contribution in [0.15, 0.2) is 39.4 Å². The first-order valence-corrected chi connectivity index (χ1v) is 10.8. The molecular formula is C19H20ClFN2OS2. The van der Waals surface area contributed by atoms with Crippen molar-refractivity contribution >= 4 is 40.6 Å². The molecule has 1 aromatic carbocycles. The molecule has 1 amide bonds. The van der Waals surface area contributed by atoms with Crippen molar-refractivity contribution in [3.05, 3.63) is 46.0 Å². The maximum Gasteiger partial charge on any atom is 0.261 e. The van der Waals surface area contributed by atoms with Gasteiger partial charge >= 0.3 is 0 Å². The van der Waals surface area contributed by atoms with Gasteiger partial charge in [-0.05, 0) is 69.1 Å². The summed E-state index contributed by atoms with van der Waals surface area (Å²) in [5, 5.41) is 3.37. The van der Waals surface area contributed by atoms with Crippen LogP contribution in [-0.4, -0.2) is 36.0 Å². The van der Waals surface area contributed by atoms with E-state index in [4.69, 9.17) is 11.6 Å². The van der Waals surface area contributed by atoms with Crippen LogP contribution in [0.4, 0.5) is 4.39 Å². The van der Waals surface area contributed by atoms with Crippen molar-refractivity contribution in [3.63, 3.8) is 0 Å². The lowest BCUT2D eigenvalue weighted by Crippen LogP contribution is -2.62. The number of carbonyl (C=O) groups excluding carboxylic acids is 1. The molecule has 1 N–H and O–H groups in total. The second-order valence-corrected chi connectivity index (χ2v) is 9.77. The molecule has 0 aliphatic carbocycles. The average molecular weight is 411 g/mol. The summed E-state index contributed by atoms with van der Waals surface area (Å²) in [4.78, 5) is 16.7. The van der Waals surface area contributed by atoms with E-state index in [1.54, 1.807) is 12.1 Å². The van der Waals surface area contributed by atoms with Gasteiger partial charge in [0.15, 0.2) is 0 Å². The molecule has 3 aliphatic heterocycles. The lowest BCUT2D eigenvalue weighted by molar-refractivity contribution is 0.0218. The third-order valence-corrected chi connectivity index (χ3v) is 7.89. The van der Waals surface area contributed by atoms with Gasteiger partial charge < -0.3 is 5.32 Å². The van der Waals surface area contributed by atoms with Crippen molar-refractivity contribution in [3.8, 4) is 0 Å². The van der Waals surface area contributed by atoms with Crippen LogP contribution < -0.4 is 5.32 Å². The van der Waals surface area contributed by atoms with E-state index in [0.29, 0.717) is 16.8 Å². The van der Waals surface area contributed by atoms with Crippen molar-refractivity contribution in [2.75, 3.05) is 13.1 Å².